The predicted octanol–water partition coefficient (Wildman–Crippen LogP) is 3.32. The van der Waals surface area contributed by atoms with E-state index in [9.17, 15) is 44.3 Å². The van der Waals surface area contributed by atoms with Crippen LogP contribution in [0.5, 0.6) is 0 Å². The average Bonchev–Trinajstić information content (AvgIpc) is 2.40. The Kier molecular flexibility index (Phi) is 9.12. The largest absolute Gasteiger partial charge is 0.479 e. The van der Waals surface area contributed by atoms with Gasteiger partial charge in [-0.2, -0.15) is 39.5 Å². The van der Waals surface area contributed by atoms with Gasteiger partial charge in [-0.1, -0.05) is 6.92 Å². The molecule has 0 fully saturated rings. The number of hydrogen-bond acceptors (Lipinski definition) is 4. The van der Waals surface area contributed by atoms with E-state index < -0.39 is 62.6 Å². The predicted molar refractivity (Wildman–Crippen MR) is 65.3 cm³/mol. The number of carbonyl (C=O) groups is 1. The number of alkyl halides is 9. The van der Waals surface area contributed by atoms with E-state index in [2.05, 4.69) is 14.2 Å². The van der Waals surface area contributed by atoms with Gasteiger partial charge >= 0.3 is 24.5 Å². The molecule has 3 atom stereocenters. The van der Waals surface area contributed by atoms with Crippen LogP contribution >= 0.6 is 0 Å². The molecule has 14 heteroatoms. The molecule has 5 nitrogen and oxygen atoms in total. The van der Waals surface area contributed by atoms with E-state index in [4.69, 9.17) is 5.11 Å². The van der Waals surface area contributed by atoms with Crippen LogP contribution in [-0.4, -0.2) is 67.7 Å². The molecule has 3 unspecified atom stereocenters. The summed E-state index contributed by atoms with van der Waals surface area (Å²) in [5.41, 5.74) is 0. The fourth-order valence-corrected chi connectivity index (χ4v) is 1.43. The van der Waals surface area contributed by atoms with Crippen LogP contribution in [0.3, 0.4) is 0 Å². The third-order valence-corrected chi connectivity index (χ3v) is 2.64. The first-order valence-corrected chi connectivity index (χ1v) is 6.88. The molecule has 1 N–H and O–H groups in total. The molecule has 0 aromatic heterocycles. The van der Waals surface area contributed by atoms with Gasteiger partial charge in [0.15, 0.2) is 12.2 Å². The van der Waals surface area contributed by atoms with Gasteiger partial charge in [-0.05, 0) is 6.42 Å². The van der Waals surface area contributed by atoms with Crippen LogP contribution in [0, 0.1) is 0 Å². The summed E-state index contributed by atoms with van der Waals surface area (Å²) in [6.45, 7) is -2.65. The minimum atomic E-state index is -5.53. The quantitative estimate of drug-likeness (QED) is 0.560. The molecular formula is C12H15F9O5. The van der Waals surface area contributed by atoms with Gasteiger partial charge in [0.1, 0.15) is 0 Å². The molecule has 0 aliphatic carbocycles. The molecule has 0 aromatic carbocycles. The summed E-state index contributed by atoms with van der Waals surface area (Å²) < 4.78 is 125. The van der Waals surface area contributed by atoms with E-state index in [1.807, 2.05) is 0 Å². The number of rotatable bonds is 10. The second kappa shape index (κ2) is 9.60. The van der Waals surface area contributed by atoms with E-state index >= 15 is 0 Å². The van der Waals surface area contributed by atoms with Crippen molar-refractivity contribution >= 4 is 5.97 Å². The summed E-state index contributed by atoms with van der Waals surface area (Å²) in [4.78, 5) is 10.4. The maximum Gasteiger partial charge on any atom is 0.425 e. The maximum absolute atomic E-state index is 12.7. The van der Waals surface area contributed by atoms with Gasteiger partial charge in [-0.25, -0.2) is 4.79 Å². The fourth-order valence-electron chi connectivity index (χ4n) is 1.43. The van der Waals surface area contributed by atoms with Crippen molar-refractivity contribution in [3.8, 4) is 0 Å². The van der Waals surface area contributed by atoms with E-state index in [0.717, 1.165) is 0 Å². The van der Waals surface area contributed by atoms with Gasteiger partial charge in [0.25, 0.3) is 6.10 Å². The first-order valence-electron chi connectivity index (χ1n) is 6.88. The topological polar surface area (TPSA) is 65.0 Å². The Morgan fingerprint density at radius 3 is 1.58 bits per heavy atom. The monoisotopic (exact) mass is 410 g/mol. The van der Waals surface area contributed by atoms with E-state index in [0.29, 0.717) is 0 Å². The number of halogens is 9. The summed E-state index contributed by atoms with van der Waals surface area (Å²) in [5.74, 6) is -2.61. The summed E-state index contributed by atoms with van der Waals surface area (Å²) in [6.07, 6.45) is -25.5. The molecule has 0 heterocycles. The molecule has 26 heavy (non-hydrogen) atoms. The van der Waals surface area contributed by atoms with Gasteiger partial charge in [0, 0.05) is 6.61 Å². The van der Waals surface area contributed by atoms with Crippen molar-refractivity contribution in [1.29, 1.82) is 0 Å². The second-order valence-corrected chi connectivity index (χ2v) is 4.86. The summed E-state index contributed by atoms with van der Waals surface area (Å²) in [7, 11) is 0. The molecule has 0 bridgehead atoms. The third kappa shape index (κ3) is 8.89. The molecule has 0 saturated heterocycles. The molecular weight excluding hydrogens is 395 g/mol. The van der Waals surface area contributed by atoms with Crippen LogP contribution in [0.4, 0.5) is 39.5 Å². The van der Waals surface area contributed by atoms with E-state index in [1.165, 1.54) is 6.92 Å². The zero-order chi connectivity index (χ0) is 20.8. The molecule has 0 aliphatic heterocycles. The van der Waals surface area contributed by atoms with Crippen molar-refractivity contribution in [2.75, 3.05) is 19.8 Å². The van der Waals surface area contributed by atoms with Crippen LogP contribution in [0.1, 0.15) is 13.3 Å². The van der Waals surface area contributed by atoms with Gasteiger partial charge in [-0.15, -0.1) is 0 Å². The first-order chi connectivity index (χ1) is 11.6. The lowest BCUT2D eigenvalue weighted by molar-refractivity contribution is -0.282. The normalized spacial score (nSPS) is 17.0. The molecule has 156 valence electrons. The van der Waals surface area contributed by atoms with Gasteiger partial charge in [0.2, 0.25) is 0 Å². The standard InChI is InChI=1S/C12H15F9O5/c1-2-3-24-6(10(13,14)15)4-25-7(11(16,17)18)5-26-8(9(22)23)12(19,20)21/h6-8H,2-5H2,1H3,(H,22,23). The van der Waals surface area contributed by atoms with Gasteiger partial charge in [-0.3, -0.25) is 0 Å². The summed E-state index contributed by atoms with van der Waals surface area (Å²) in [6, 6.07) is 0. The number of aliphatic carboxylic acids is 1. The molecule has 0 radical (unpaired) electrons. The Balaban J connectivity index is 5.03. The van der Waals surface area contributed by atoms with Gasteiger partial charge < -0.3 is 19.3 Å². The summed E-state index contributed by atoms with van der Waals surface area (Å²) >= 11 is 0. The minimum absolute atomic E-state index is 0.115. The Morgan fingerprint density at radius 1 is 0.808 bits per heavy atom. The van der Waals surface area contributed by atoms with Crippen molar-refractivity contribution in [3.63, 3.8) is 0 Å². The van der Waals surface area contributed by atoms with Crippen molar-refractivity contribution in [2.24, 2.45) is 0 Å². The molecule has 0 aromatic rings. The molecule has 0 spiro atoms. The SMILES string of the molecule is CCCOC(COC(COC(C(=O)O)C(F)(F)F)C(F)(F)F)C(F)(F)F. The zero-order valence-electron chi connectivity index (χ0n) is 13.0. The smallest absolute Gasteiger partial charge is 0.425 e. The average molecular weight is 410 g/mol. The molecule has 0 amide bonds. The fraction of sp³-hybridized carbons (Fsp3) is 0.917. The number of ether oxygens (including phenoxy) is 3. The molecule has 0 saturated carbocycles. The highest BCUT2D eigenvalue weighted by atomic mass is 19.4. The lowest BCUT2D eigenvalue weighted by Gasteiger charge is -2.26. The van der Waals surface area contributed by atoms with Crippen LogP contribution in [-0.2, 0) is 19.0 Å². The van der Waals surface area contributed by atoms with Gasteiger partial charge in [0.05, 0.1) is 13.2 Å². The maximum atomic E-state index is 12.7. The number of carboxylic acids is 1. The zero-order valence-corrected chi connectivity index (χ0v) is 13.0. The Hall–Kier alpha value is -1.28. The van der Waals surface area contributed by atoms with Crippen molar-refractivity contribution in [2.45, 2.75) is 50.2 Å². The Morgan fingerprint density at radius 2 is 1.23 bits per heavy atom. The van der Waals surface area contributed by atoms with Crippen molar-refractivity contribution in [1.82, 2.24) is 0 Å². The Labute approximate surface area is 141 Å². The lowest BCUT2D eigenvalue weighted by Crippen LogP contribution is -2.46. The van der Waals surface area contributed by atoms with Crippen LogP contribution < -0.4 is 0 Å². The van der Waals surface area contributed by atoms with Crippen LogP contribution in [0.2, 0.25) is 0 Å². The Bertz CT molecular complexity index is 432. The molecule has 0 aliphatic rings. The highest BCUT2D eigenvalue weighted by Crippen LogP contribution is 2.29. The minimum Gasteiger partial charge on any atom is -0.479 e. The van der Waals surface area contributed by atoms with Crippen molar-refractivity contribution < 1.29 is 63.6 Å². The number of carboxylic acid groups (broad SMARTS) is 1. The highest BCUT2D eigenvalue weighted by molar-refractivity contribution is 5.73. The van der Waals surface area contributed by atoms with E-state index in [-0.39, 0.29) is 6.42 Å². The first kappa shape index (κ1) is 24.7. The van der Waals surface area contributed by atoms with Crippen molar-refractivity contribution in [3.05, 3.63) is 0 Å². The van der Waals surface area contributed by atoms with E-state index in [1.54, 1.807) is 0 Å². The lowest BCUT2D eigenvalue weighted by atomic mass is 10.3. The second-order valence-electron chi connectivity index (χ2n) is 4.86. The number of hydrogen-bond donors (Lipinski definition) is 1. The van der Waals surface area contributed by atoms with Crippen LogP contribution in [0.15, 0.2) is 0 Å². The van der Waals surface area contributed by atoms with Crippen LogP contribution in [0.25, 0.3) is 0 Å². The third-order valence-electron chi connectivity index (χ3n) is 2.64. The molecule has 0 rings (SSSR count). The highest BCUT2D eigenvalue weighted by Gasteiger charge is 2.50. The summed E-state index contributed by atoms with van der Waals surface area (Å²) in [5, 5.41) is 8.31.